The number of rotatable bonds is 5. The molecule has 0 amide bonds. The number of thiazole rings is 1. The van der Waals surface area contributed by atoms with E-state index in [1.54, 1.807) is 11.3 Å². The van der Waals surface area contributed by atoms with Crippen LogP contribution in [0.5, 0.6) is 0 Å². The predicted octanol–water partition coefficient (Wildman–Crippen LogP) is 3.99. The maximum atomic E-state index is 5.87. The van der Waals surface area contributed by atoms with Gasteiger partial charge in [0.2, 0.25) is 0 Å². The summed E-state index contributed by atoms with van der Waals surface area (Å²) in [6, 6.07) is 8.00. The monoisotopic (exact) mass is 280 g/mol. The lowest BCUT2D eigenvalue weighted by Crippen LogP contribution is -2.17. The van der Waals surface area contributed by atoms with Crippen molar-refractivity contribution in [1.82, 2.24) is 9.88 Å². The van der Waals surface area contributed by atoms with Crippen LogP contribution in [0.15, 0.2) is 29.6 Å². The summed E-state index contributed by atoms with van der Waals surface area (Å²) in [5.74, 6) is 0. The van der Waals surface area contributed by atoms with E-state index in [9.17, 15) is 0 Å². The van der Waals surface area contributed by atoms with E-state index < -0.39 is 0 Å². The smallest absolute Gasteiger partial charge is 0.0926 e. The van der Waals surface area contributed by atoms with Crippen LogP contribution in [-0.4, -0.2) is 16.9 Å². The molecule has 96 valence electrons. The maximum absolute atomic E-state index is 5.87. The first-order chi connectivity index (χ1) is 8.67. The van der Waals surface area contributed by atoms with Crippen molar-refractivity contribution in [2.45, 2.75) is 26.4 Å². The molecule has 2 nitrogen and oxygen atoms in total. The second-order valence-electron chi connectivity index (χ2n) is 4.38. The van der Waals surface area contributed by atoms with Crippen molar-refractivity contribution in [3.8, 4) is 0 Å². The minimum absolute atomic E-state index is 0.786. The molecule has 1 aromatic carbocycles. The average Bonchev–Trinajstić information content (AvgIpc) is 2.79. The van der Waals surface area contributed by atoms with Gasteiger partial charge in [-0.05, 0) is 31.2 Å². The first kappa shape index (κ1) is 13.5. The molecule has 1 heterocycles. The van der Waals surface area contributed by atoms with Gasteiger partial charge in [-0.1, -0.05) is 30.7 Å². The molecule has 0 saturated carbocycles. The molecule has 0 fully saturated rings. The van der Waals surface area contributed by atoms with Gasteiger partial charge in [0, 0.05) is 23.5 Å². The minimum atomic E-state index is 0.786. The molecule has 1 aromatic heterocycles. The van der Waals surface area contributed by atoms with Crippen molar-refractivity contribution in [2.24, 2.45) is 0 Å². The Bertz CT molecular complexity index is 493. The summed E-state index contributed by atoms with van der Waals surface area (Å²) in [6.07, 6.45) is 1.02. The SMILES string of the molecule is CCc1nc(CN(C)Cc2ccc(Cl)cc2)cs1. The molecule has 0 saturated heterocycles. The molecule has 0 N–H and O–H groups in total. The van der Waals surface area contributed by atoms with E-state index in [0.717, 1.165) is 30.2 Å². The van der Waals surface area contributed by atoms with Crippen LogP contribution in [0.1, 0.15) is 23.2 Å². The molecular formula is C14H17ClN2S. The van der Waals surface area contributed by atoms with Crippen LogP contribution in [-0.2, 0) is 19.5 Å². The molecule has 0 radical (unpaired) electrons. The van der Waals surface area contributed by atoms with Gasteiger partial charge in [0.1, 0.15) is 0 Å². The lowest BCUT2D eigenvalue weighted by Gasteiger charge is -2.15. The molecule has 0 aliphatic carbocycles. The summed E-state index contributed by atoms with van der Waals surface area (Å²) in [4.78, 5) is 6.84. The van der Waals surface area contributed by atoms with Crippen LogP contribution in [0.3, 0.4) is 0 Å². The van der Waals surface area contributed by atoms with Crippen LogP contribution in [0.25, 0.3) is 0 Å². The van der Waals surface area contributed by atoms with Crippen molar-refractivity contribution in [3.05, 3.63) is 50.9 Å². The van der Waals surface area contributed by atoms with E-state index in [1.165, 1.54) is 10.6 Å². The largest absolute Gasteiger partial charge is 0.296 e. The fraction of sp³-hybridized carbons (Fsp3) is 0.357. The van der Waals surface area contributed by atoms with Crippen molar-refractivity contribution in [2.75, 3.05) is 7.05 Å². The number of hydrogen-bond donors (Lipinski definition) is 0. The van der Waals surface area contributed by atoms with Gasteiger partial charge >= 0.3 is 0 Å². The van der Waals surface area contributed by atoms with Gasteiger partial charge in [0.15, 0.2) is 0 Å². The molecule has 0 aliphatic heterocycles. The summed E-state index contributed by atoms with van der Waals surface area (Å²) in [5.41, 5.74) is 2.43. The Hall–Kier alpha value is -0.900. The normalized spacial score (nSPS) is 11.1. The molecule has 0 atom stereocenters. The standard InChI is InChI=1S/C14H17ClN2S/c1-3-14-16-13(10-18-14)9-17(2)8-11-4-6-12(15)7-5-11/h4-7,10H,3,8-9H2,1-2H3. The lowest BCUT2D eigenvalue weighted by atomic mass is 10.2. The van der Waals surface area contributed by atoms with Crippen molar-refractivity contribution < 1.29 is 0 Å². The minimum Gasteiger partial charge on any atom is -0.296 e. The molecule has 0 bridgehead atoms. The van der Waals surface area contributed by atoms with E-state index in [-0.39, 0.29) is 0 Å². The van der Waals surface area contributed by atoms with Crippen LogP contribution in [0.4, 0.5) is 0 Å². The highest BCUT2D eigenvalue weighted by Crippen LogP contribution is 2.14. The van der Waals surface area contributed by atoms with E-state index in [4.69, 9.17) is 11.6 Å². The number of aryl methyl sites for hydroxylation is 1. The van der Waals surface area contributed by atoms with Gasteiger partial charge < -0.3 is 0 Å². The van der Waals surface area contributed by atoms with Crippen LogP contribution in [0, 0.1) is 0 Å². The molecule has 18 heavy (non-hydrogen) atoms. The third-order valence-electron chi connectivity index (χ3n) is 2.70. The quantitative estimate of drug-likeness (QED) is 0.823. The van der Waals surface area contributed by atoms with E-state index >= 15 is 0 Å². The lowest BCUT2D eigenvalue weighted by molar-refractivity contribution is 0.315. The maximum Gasteiger partial charge on any atom is 0.0926 e. The highest BCUT2D eigenvalue weighted by molar-refractivity contribution is 7.09. The van der Waals surface area contributed by atoms with Gasteiger partial charge in [-0.25, -0.2) is 4.98 Å². The molecular weight excluding hydrogens is 264 g/mol. The Labute approximate surface area is 117 Å². The summed E-state index contributed by atoms with van der Waals surface area (Å²) in [5, 5.41) is 4.15. The van der Waals surface area contributed by atoms with Crippen LogP contribution in [0.2, 0.25) is 5.02 Å². The van der Waals surface area contributed by atoms with E-state index in [0.29, 0.717) is 0 Å². The average molecular weight is 281 g/mol. The Kier molecular flexibility index (Phi) is 4.75. The summed E-state index contributed by atoms with van der Waals surface area (Å²) < 4.78 is 0. The fourth-order valence-corrected chi connectivity index (χ4v) is 2.68. The molecule has 4 heteroatoms. The summed E-state index contributed by atoms with van der Waals surface area (Å²) in [7, 11) is 2.11. The Balaban J connectivity index is 1.91. The predicted molar refractivity (Wildman–Crippen MR) is 78.1 cm³/mol. The zero-order valence-corrected chi connectivity index (χ0v) is 12.3. The van der Waals surface area contributed by atoms with E-state index in [1.807, 2.05) is 12.1 Å². The number of aromatic nitrogens is 1. The number of benzene rings is 1. The fourth-order valence-electron chi connectivity index (χ4n) is 1.82. The molecule has 2 aromatic rings. The molecule has 0 spiro atoms. The molecule has 2 rings (SSSR count). The molecule has 0 aliphatic rings. The van der Waals surface area contributed by atoms with Gasteiger partial charge in [-0.15, -0.1) is 11.3 Å². The number of hydrogen-bond acceptors (Lipinski definition) is 3. The third-order valence-corrected chi connectivity index (χ3v) is 3.99. The summed E-state index contributed by atoms with van der Waals surface area (Å²) in [6.45, 7) is 3.94. The van der Waals surface area contributed by atoms with Gasteiger partial charge in [0.25, 0.3) is 0 Å². The summed E-state index contributed by atoms with van der Waals surface area (Å²) >= 11 is 7.62. The van der Waals surface area contributed by atoms with Gasteiger partial charge in [-0.2, -0.15) is 0 Å². The topological polar surface area (TPSA) is 16.1 Å². The van der Waals surface area contributed by atoms with E-state index in [2.05, 4.69) is 41.4 Å². The zero-order chi connectivity index (χ0) is 13.0. The third kappa shape index (κ3) is 3.80. The molecule has 0 unspecified atom stereocenters. The van der Waals surface area contributed by atoms with Crippen molar-refractivity contribution in [1.29, 1.82) is 0 Å². The van der Waals surface area contributed by atoms with Crippen LogP contribution >= 0.6 is 22.9 Å². The first-order valence-electron chi connectivity index (χ1n) is 6.03. The second kappa shape index (κ2) is 6.32. The Morgan fingerprint density at radius 2 is 1.94 bits per heavy atom. The number of halogens is 1. The highest BCUT2D eigenvalue weighted by atomic mass is 35.5. The van der Waals surface area contributed by atoms with Gasteiger partial charge in [0.05, 0.1) is 10.7 Å². The van der Waals surface area contributed by atoms with Crippen molar-refractivity contribution >= 4 is 22.9 Å². The van der Waals surface area contributed by atoms with Crippen molar-refractivity contribution in [3.63, 3.8) is 0 Å². The highest BCUT2D eigenvalue weighted by Gasteiger charge is 2.05. The van der Waals surface area contributed by atoms with Crippen LogP contribution < -0.4 is 0 Å². The zero-order valence-electron chi connectivity index (χ0n) is 10.7. The Morgan fingerprint density at radius 3 is 2.56 bits per heavy atom. The van der Waals surface area contributed by atoms with Gasteiger partial charge in [-0.3, -0.25) is 4.90 Å². The first-order valence-corrected chi connectivity index (χ1v) is 7.29. The number of nitrogens with zero attached hydrogens (tertiary/aromatic N) is 2. The Morgan fingerprint density at radius 1 is 1.22 bits per heavy atom. The second-order valence-corrected chi connectivity index (χ2v) is 5.76.